The van der Waals surface area contributed by atoms with Crippen LogP contribution in [0, 0.1) is 5.82 Å². The molecule has 14 heavy (non-hydrogen) atoms. The van der Waals surface area contributed by atoms with Crippen molar-refractivity contribution in [3.8, 4) is 0 Å². The lowest BCUT2D eigenvalue weighted by Crippen LogP contribution is -1.87. The summed E-state index contributed by atoms with van der Waals surface area (Å²) in [4.78, 5) is 4.07. The molecule has 0 amide bonds. The number of rotatable bonds is 1. The van der Waals surface area contributed by atoms with E-state index in [0.717, 1.165) is 16.6 Å². The maximum atomic E-state index is 13.0. The number of nitrogens with zero attached hydrogens (tertiary/aromatic N) is 2. The average molecular weight is 192 g/mol. The third kappa shape index (κ3) is 1.29. The van der Waals surface area contributed by atoms with E-state index < -0.39 is 0 Å². The number of hydrogen-bond acceptors (Lipinski definition) is 1. The molecule has 2 nitrogen and oxygen atoms in total. The molecule has 74 valence electrons. The SMILES string of the molecule is CC(C)c1cn(C)c2ncc(F)cc12. The van der Waals surface area contributed by atoms with Crippen LogP contribution in [0.5, 0.6) is 0 Å². The minimum atomic E-state index is -0.273. The smallest absolute Gasteiger partial charge is 0.142 e. The van der Waals surface area contributed by atoms with Crippen molar-refractivity contribution in [2.24, 2.45) is 7.05 Å². The van der Waals surface area contributed by atoms with E-state index in [-0.39, 0.29) is 5.82 Å². The highest BCUT2D eigenvalue weighted by Gasteiger charge is 2.10. The Balaban J connectivity index is 2.79. The summed E-state index contributed by atoms with van der Waals surface area (Å²) in [7, 11) is 1.93. The summed E-state index contributed by atoms with van der Waals surface area (Å²) in [6, 6.07) is 1.55. The largest absolute Gasteiger partial charge is 0.335 e. The number of aryl methyl sites for hydroxylation is 1. The highest BCUT2D eigenvalue weighted by Crippen LogP contribution is 2.25. The summed E-state index contributed by atoms with van der Waals surface area (Å²) < 4.78 is 15.0. The van der Waals surface area contributed by atoms with Crippen LogP contribution in [0.1, 0.15) is 25.3 Å². The highest BCUT2D eigenvalue weighted by molar-refractivity contribution is 5.80. The Morgan fingerprint density at radius 2 is 2.14 bits per heavy atom. The van der Waals surface area contributed by atoms with Gasteiger partial charge in [-0.05, 0) is 17.5 Å². The normalized spacial score (nSPS) is 11.5. The van der Waals surface area contributed by atoms with Gasteiger partial charge >= 0.3 is 0 Å². The van der Waals surface area contributed by atoms with Crippen molar-refractivity contribution in [2.45, 2.75) is 19.8 Å². The average Bonchev–Trinajstić information content (AvgIpc) is 2.43. The number of aromatic nitrogens is 2. The Kier molecular flexibility index (Phi) is 2.02. The molecule has 0 unspecified atom stereocenters. The first-order valence-electron chi connectivity index (χ1n) is 4.70. The monoisotopic (exact) mass is 192 g/mol. The lowest BCUT2D eigenvalue weighted by Gasteiger charge is -2.00. The number of halogens is 1. The van der Waals surface area contributed by atoms with Crippen LogP contribution in [0.25, 0.3) is 11.0 Å². The van der Waals surface area contributed by atoms with E-state index in [2.05, 4.69) is 18.8 Å². The Bertz CT molecular complexity index is 471. The molecule has 0 aliphatic carbocycles. The summed E-state index contributed by atoms with van der Waals surface area (Å²) in [5, 5.41) is 0.919. The van der Waals surface area contributed by atoms with Crippen LogP contribution in [-0.2, 0) is 7.05 Å². The molecule has 0 radical (unpaired) electrons. The molecule has 0 saturated carbocycles. The molecule has 2 aromatic heterocycles. The van der Waals surface area contributed by atoms with E-state index in [1.165, 1.54) is 6.20 Å². The van der Waals surface area contributed by atoms with Crippen molar-refractivity contribution in [3.05, 3.63) is 29.8 Å². The van der Waals surface area contributed by atoms with Gasteiger partial charge in [-0.25, -0.2) is 9.37 Å². The second kappa shape index (κ2) is 3.08. The first kappa shape index (κ1) is 9.19. The Morgan fingerprint density at radius 3 is 2.79 bits per heavy atom. The van der Waals surface area contributed by atoms with Gasteiger partial charge in [-0.15, -0.1) is 0 Å². The Hall–Kier alpha value is -1.38. The van der Waals surface area contributed by atoms with Gasteiger partial charge in [0.2, 0.25) is 0 Å². The minimum Gasteiger partial charge on any atom is -0.335 e. The van der Waals surface area contributed by atoms with Crippen LogP contribution >= 0.6 is 0 Å². The molecule has 3 heteroatoms. The van der Waals surface area contributed by atoms with Crippen LogP contribution < -0.4 is 0 Å². The maximum absolute atomic E-state index is 13.0. The predicted molar refractivity (Wildman–Crippen MR) is 54.8 cm³/mol. The molecule has 0 bridgehead atoms. The zero-order valence-electron chi connectivity index (χ0n) is 8.58. The predicted octanol–water partition coefficient (Wildman–Crippen LogP) is 2.84. The standard InChI is InChI=1S/C11H13FN2/c1-7(2)10-6-14(3)11-9(10)4-8(12)5-13-11/h4-7H,1-3H3. The summed E-state index contributed by atoms with van der Waals surface area (Å²) in [6.07, 6.45) is 3.27. The summed E-state index contributed by atoms with van der Waals surface area (Å²) in [5.74, 6) is 0.118. The molecule has 2 rings (SSSR count). The fraction of sp³-hybridized carbons (Fsp3) is 0.364. The van der Waals surface area contributed by atoms with Gasteiger partial charge in [0.05, 0.1) is 6.20 Å². The second-order valence-corrected chi connectivity index (χ2v) is 3.87. The van der Waals surface area contributed by atoms with Crippen LogP contribution in [0.3, 0.4) is 0 Å². The van der Waals surface area contributed by atoms with E-state index in [9.17, 15) is 4.39 Å². The van der Waals surface area contributed by atoms with Crippen molar-refractivity contribution in [2.75, 3.05) is 0 Å². The molecule has 0 N–H and O–H groups in total. The van der Waals surface area contributed by atoms with Gasteiger partial charge < -0.3 is 4.57 Å². The molecule has 0 saturated heterocycles. The lowest BCUT2D eigenvalue weighted by molar-refractivity contribution is 0.623. The zero-order chi connectivity index (χ0) is 10.3. The molecule has 0 aliphatic heterocycles. The van der Waals surface area contributed by atoms with Crippen molar-refractivity contribution < 1.29 is 4.39 Å². The molecule has 0 atom stereocenters. The molecular formula is C11H13FN2. The quantitative estimate of drug-likeness (QED) is 0.679. The minimum absolute atomic E-state index is 0.273. The highest BCUT2D eigenvalue weighted by atomic mass is 19.1. The molecular weight excluding hydrogens is 179 g/mol. The number of hydrogen-bond donors (Lipinski definition) is 0. The summed E-state index contributed by atoms with van der Waals surface area (Å²) in [5.41, 5.74) is 1.99. The van der Waals surface area contributed by atoms with Gasteiger partial charge in [0, 0.05) is 18.6 Å². The Morgan fingerprint density at radius 1 is 1.43 bits per heavy atom. The fourth-order valence-electron chi connectivity index (χ4n) is 1.72. The van der Waals surface area contributed by atoms with Gasteiger partial charge in [0.25, 0.3) is 0 Å². The Labute approximate surface area is 82.4 Å². The van der Waals surface area contributed by atoms with Crippen LogP contribution in [0.4, 0.5) is 4.39 Å². The van der Waals surface area contributed by atoms with Crippen LogP contribution in [0.2, 0.25) is 0 Å². The van der Waals surface area contributed by atoms with Crippen molar-refractivity contribution in [1.29, 1.82) is 0 Å². The van der Waals surface area contributed by atoms with E-state index in [4.69, 9.17) is 0 Å². The fourth-order valence-corrected chi connectivity index (χ4v) is 1.72. The first-order chi connectivity index (χ1) is 6.59. The topological polar surface area (TPSA) is 17.8 Å². The lowest BCUT2D eigenvalue weighted by atomic mass is 10.0. The summed E-state index contributed by atoms with van der Waals surface area (Å²) >= 11 is 0. The third-order valence-corrected chi connectivity index (χ3v) is 2.43. The van der Waals surface area contributed by atoms with Gasteiger partial charge in [-0.2, -0.15) is 0 Å². The van der Waals surface area contributed by atoms with E-state index in [0.29, 0.717) is 5.92 Å². The molecule has 0 spiro atoms. The van der Waals surface area contributed by atoms with Crippen LogP contribution in [-0.4, -0.2) is 9.55 Å². The zero-order valence-corrected chi connectivity index (χ0v) is 8.58. The molecule has 0 fully saturated rings. The van der Waals surface area contributed by atoms with Gasteiger partial charge in [0.15, 0.2) is 0 Å². The molecule has 0 aliphatic rings. The number of fused-ring (bicyclic) bond motifs is 1. The second-order valence-electron chi connectivity index (χ2n) is 3.87. The maximum Gasteiger partial charge on any atom is 0.142 e. The van der Waals surface area contributed by atoms with Crippen molar-refractivity contribution in [3.63, 3.8) is 0 Å². The molecule has 2 heterocycles. The van der Waals surface area contributed by atoms with E-state index >= 15 is 0 Å². The number of pyridine rings is 1. The van der Waals surface area contributed by atoms with E-state index in [1.54, 1.807) is 6.07 Å². The first-order valence-corrected chi connectivity index (χ1v) is 4.70. The van der Waals surface area contributed by atoms with Gasteiger partial charge in [-0.1, -0.05) is 13.8 Å². The molecule has 2 aromatic rings. The molecule has 0 aromatic carbocycles. The van der Waals surface area contributed by atoms with Gasteiger partial charge in [-0.3, -0.25) is 0 Å². The van der Waals surface area contributed by atoms with Crippen LogP contribution in [0.15, 0.2) is 18.5 Å². The summed E-state index contributed by atoms with van der Waals surface area (Å²) in [6.45, 7) is 4.19. The van der Waals surface area contributed by atoms with Gasteiger partial charge in [0.1, 0.15) is 11.5 Å². The van der Waals surface area contributed by atoms with E-state index in [1.807, 2.05) is 17.8 Å². The third-order valence-electron chi connectivity index (χ3n) is 2.43. The van der Waals surface area contributed by atoms with Crippen molar-refractivity contribution >= 4 is 11.0 Å². The van der Waals surface area contributed by atoms with Crippen molar-refractivity contribution in [1.82, 2.24) is 9.55 Å².